The number of nitrogens with zero attached hydrogens (tertiary/aromatic N) is 3. The number of piperidine rings is 1. The van der Waals surface area contributed by atoms with E-state index in [-0.39, 0.29) is 13.0 Å². The van der Waals surface area contributed by atoms with E-state index >= 15 is 0 Å². The van der Waals surface area contributed by atoms with E-state index in [1.807, 2.05) is 0 Å². The van der Waals surface area contributed by atoms with Crippen LogP contribution in [0.25, 0.3) is 10.9 Å². The molecule has 2 heterocycles. The number of anilines is 1. The van der Waals surface area contributed by atoms with Crippen molar-refractivity contribution in [2.45, 2.75) is 18.6 Å². The number of alkyl halides is 3. The number of pyridine rings is 1. The zero-order valence-electron chi connectivity index (χ0n) is 12.2. The van der Waals surface area contributed by atoms with E-state index in [1.54, 1.807) is 35.4 Å². The highest BCUT2D eigenvalue weighted by Crippen LogP contribution is 2.36. The van der Waals surface area contributed by atoms with Crippen LogP contribution < -0.4 is 10.6 Å². The number of hydrogen-bond acceptors (Lipinski definition) is 4. The average molecular weight is 320 g/mol. The molecule has 23 heavy (non-hydrogen) atoms. The minimum atomic E-state index is -4.27. The van der Waals surface area contributed by atoms with Gasteiger partial charge in [0, 0.05) is 36.4 Å². The van der Waals surface area contributed by atoms with Gasteiger partial charge in [-0.2, -0.15) is 18.4 Å². The van der Waals surface area contributed by atoms with Gasteiger partial charge in [0.25, 0.3) is 0 Å². The van der Waals surface area contributed by atoms with Crippen molar-refractivity contribution in [3.63, 3.8) is 0 Å². The number of benzene rings is 1. The summed E-state index contributed by atoms with van der Waals surface area (Å²) in [5.41, 5.74) is 7.37. The molecule has 0 spiro atoms. The Bertz CT molecular complexity index is 766. The monoisotopic (exact) mass is 320 g/mol. The minimum absolute atomic E-state index is 0.0630. The van der Waals surface area contributed by atoms with Gasteiger partial charge in [-0.3, -0.25) is 4.98 Å². The Balaban J connectivity index is 2.05. The molecule has 0 unspecified atom stereocenters. The Morgan fingerprint density at radius 1 is 1.26 bits per heavy atom. The third-order valence-corrected chi connectivity index (χ3v) is 4.15. The summed E-state index contributed by atoms with van der Waals surface area (Å²) in [6.45, 7) is 0.218. The molecule has 0 amide bonds. The Hall–Kier alpha value is -2.33. The van der Waals surface area contributed by atoms with Crippen LogP contribution in [-0.4, -0.2) is 30.3 Å². The van der Waals surface area contributed by atoms with Crippen LogP contribution >= 0.6 is 0 Å². The van der Waals surface area contributed by atoms with Gasteiger partial charge in [0.2, 0.25) is 0 Å². The fraction of sp³-hybridized carbons (Fsp3) is 0.375. The van der Waals surface area contributed by atoms with Gasteiger partial charge in [0.15, 0.2) is 0 Å². The minimum Gasteiger partial charge on any atom is -0.369 e. The number of hydrogen-bond donors (Lipinski definition) is 1. The van der Waals surface area contributed by atoms with Crippen molar-refractivity contribution < 1.29 is 13.2 Å². The number of halogens is 3. The van der Waals surface area contributed by atoms with E-state index in [2.05, 4.69) is 11.1 Å². The summed E-state index contributed by atoms with van der Waals surface area (Å²) in [6, 6.07) is 8.25. The first-order valence-corrected chi connectivity index (χ1v) is 7.25. The van der Waals surface area contributed by atoms with Gasteiger partial charge in [0.1, 0.15) is 6.07 Å². The van der Waals surface area contributed by atoms with Crippen LogP contribution in [0.15, 0.2) is 30.5 Å². The summed E-state index contributed by atoms with van der Waals surface area (Å²) in [5.74, 6) is -1.45. The molecule has 1 aromatic carbocycles. The number of rotatable bonds is 1. The molecule has 0 saturated carbocycles. The van der Waals surface area contributed by atoms with Crippen molar-refractivity contribution >= 4 is 16.6 Å². The maximum Gasteiger partial charge on any atom is 0.393 e. The lowest BCUT2D eigenvalue weighted by atomic mass is 9.93. The smallest absolute Gasteiger partial charge is 0.369 e. The van der Waals surface area contributed by atoms with Gasteiger partial charge in [0.05, 0.1) is 17.0 Å². The summed E-state index contributed by atoms with van der Waals surface area (Å²) in [4.78, 5) is 5.84. The molecule has 1 aliphatic rings. The molecular formula is C16H15F3N4. The van der Waals surface area contributed by atoms with Crippen LogP contribution in [0.4, 0.5) is 18.9 Å². The molecule has 120 valence electrons. The molecular weight excluding hydrogens is 305 g/mol. The van der Waals surface area contributed by atoms with Crippen molar-refractivity contribution in [2.75, 3.05) is 18.0 Å². The Labute approximate surface area is 131 Å². The summed E-state index contributed by atoms with van der Waals surface area (Å²) in [7, 11) is 0. The van der Waals surface area contributed by atoms with Crippen LogP contribution in [0, 0.1) is 17.2 Å². The molecule has 2 N–H and O–H groups in total. The van der Waals surface area contributed by atoms with Crippen molar-refractivity contribution in [1.29, 1.82) is 5.26 Å². The molecule has 2 aromatic rings. The lowest BCUT2D eigenvalue weighted by molar-refractivity contribution is -0.177. The Kier molecular flexibility index (Phi) is 3.86. The van der Waals surface area contributed by atoms with E-state index < -0.39 is 18.1 Å². The van der Waals surface area contributed by atoms with Crippen molar-refractivity contribution in [3.05, 3.63) is 36.0 Å². The van der Waals surface area contributed by atoms with E-state index in [1.165, 1.54) is 0 Å². The molecule has 0 aliphatic carbocycles. The summed E-state index contributed by atoms with van der Waals surface area (Å²) >= 11 is 0. The second-order valence-corrected chi connectivity index (χ2v) is 5.78. The van der Waals surface area contributed by atoms with Crippen LogP contribution in [0.1, 0.15) is 12.0 Å². The molecule has 7 heteroatoms. The van der Waals surface area contributed by atoms with Crippen LogP contribution in [0.3, 0.4) is 0 Å². The molecule has 0 bridgehead atoms. The summed E-state index contributed by atoms with van der Waals surface area (Å²) in [6.07, 6.45) is -2.77. The van der Waals surface area contributed by atoms with Gasteiger partial charge in [-0.05, 0) is 30.7 Å². The highest BCUT2D eigenvalue weighted by Gasteiger charge is 2.44. The Morgan fingerprint density at radius 2 is 2.04 bits per heavy atom. The maximum absolute atomic E-state index is 13.1. The molecule has 1 aliphatic heterocycles. The first-order valence-electron chi connectivity index (χ1n) is 7.25. The zero-order valence-corrected chi connectivity index (χ0v) is 12.2. The molecule has 3 rings (SSSR count). The molecule has 0 radical (unpaired) electrons. The average Bonchev–Trinajstić information content (AvgIpc) is 2.52. The van der Waals surface area contributed by atoms with Crippen LogP contribution in [-0.2, 0) is 0 Å². The Morgan fingerprint density at radius 3 is 2.74 bits per heavy atom. The van der Waals surface area contributed by atoms with Crippen LogP contribution in [0.2, 0.25) is 0 Å². The SMILES string of the molecule is N#Cc1ccc(N2C[C@@H](N)C[C@@H](C(F)(F)F)C2)c2cccnc12. The topological polar surface area (TPSA) is 65.9 Å². The molecule has 4 nitrogen and oxygen atoms in total. The highest BCUT2D eigenvalue weighted by atomic mass is 19.4. The predicted molar refractivity (Wildman–Crippen MR) is 80.8 cm³/mol. The maximum atomic E-state index is 13.1. The second kappa shape index (κ2) is 5.70. The van der Waals surface area contributed by atoms with Crippen molar-refractivity contribution in [2.24, 2.45) is 11.7 Å². The van der Waals surface area contributed by atoms with Gasteiger partial charge in [-0.25, -0.2) is 0 Å². The molecule has 1 aromatic heterocycles. The largest absolute Gasteiger partial charge is 0.393 e. The molecule has 1 fully saturated rings. The van der Waals surface area contributed by atoms with Gasteiger partial charge in [-0.1, -0.05) is 0 Å². The van der Waals surface area contributed by atoms with Crippen molar-refractivity contribution in [1.82, 2.24) is 4.98 Å². The number of nitrogens with two attached hydrogens (primary N) is 1. The van der Waals surface area contributed by atoms with E-state index in [0.29, 0.717) is 28.7 Å². The summed E-state index contributed by atoms with van der Waals surface area (Å²) < 4.78 is 39.3. The summed E-state index contributed by atoms with van der Waals surface area (Å²) in [5, 5.41) is 9.82. The van der Waals surface area contributed by atoms with E-state index in [4.69, 9.17) is 11.0 Å². The van der Waals surface area contributed by atoms with Gasteiger partial charge >= 0.3 is 6.18 Å². The molecule has 2 atom stereocenters. The van der Waals surface area contributed by atoms with Crippen LogP contribution in [0.5, 0.6) is 0 Å². The number of fused-ring (bicyclic) bond motifs is 1. The lowest BCUT2D eigenvalue weighted by Gasteiger charge is -2.38. The molecule has 1 saturated heterocycles. The standard InChI is InChI=1S/C16H15F3N4/c17-16(18,19)11-6-12(21)9-23(8-11)14-4-3-10(7-20)15-13(14)2-1-5-22-15/h1-5,11-12H,6,8-9,21H2/t11-,12+/m1/s1. The third kappa shape index (κ3) is 2.94. The van der Waals surface area contributed by atoms with E-state index in [0.717, 1.165) is 0 Å². The fourth-order valence-corrected chi connectivity index (χ4v) is 3.10. The van der Waals surface area contributed by atoms with Crippen molar-refractivity contribution in [3.8, 4) is 6.07 Å². The lowest BCUT2D eigenvalue weighted by Crippen LogP contribution is -2.51. The zero-order chi connectivity index (χ0) is 16.6. The first-order chi connectivity index (χ1) is 10.9. The first kappa shape index (κ1) is 15.6. The number of nitriles is 1. The normalized spacial score (nSPS) is 22.1. The van der Waals surface area contributed by atoms with E-state index in [9.17, 15) is 13.2 Å². The fourth-order valence-electron chi connectivity index (χ4n) is 3.10. The highest BCUT2D eigenvalue weighted by molar-refractivity contribution is 5.95. The predicted octanol–water partition coefficient (Wildman–Crippen LogP) is 2.82. The van der Waals surface area contributed by atoms with Gasteiger partial charge < -0.3 is 10.6 Å². The number of aromatic nitrogens is 1. The third-order valence-electron chi connectivity index (χ3n) is 4.15. The van der Waals surface area contributed by atoms with Gasteiger partial charge in [-0.15, -0.1) is 0 Å². The second-order valence-electron chi connectivity index (χ2n) is 5.78. The quantitative estimate of drug-likeness (QED) is 0.877.